The molecule has 2 fully saturated rings. The van der Waals surface area contributed by atoms with Crippen LogP contribution in [0.3, 0.4) is 0 Å². The van der Waals surface area contributed by atoms with E-state index in [1.807, 2.05) is 0 Å². The average molecular weight is 261 g/mol. The van der Waals surface area contributed by atoms with Gasteiger partial charge in [0, 0.05) is 44.7 Å². The minimum atomic E-state index is 0.602. The fourth-order valence-corrected chi connectivity index (χ4v) is 2.45. The molecule has 2 aliphatic rings. The maximum absolute atomic E-state index is 4.78. The number of rotatable bonds is 4. The van der Waals surface area contributed by atoms with E-state index in [-0.39, 0.29) is 0 Å². The van der Waals surface area contributed by atoms with Crippen molar-refractivity contribution in [1.82, 2.24) is 14.9 Å². The molecule has 1 saturated carbocycles. The summed E-state index contributed by atoms with van der Waals surface area (Å²) in [6.45, 7) is 7.35. The van der Waals surface area contributed by atoms with Crippen LogP contribution in [-0.2, 0) is 0 Å². The topological polar surface area (TPSA) is 44.3 Å². The summed E-state index contributed by atoms with van der Waals surface area (Å²) in [5, 5.41) is 3.33. The fraction of sp³-hybridized carbons (Fsp3) is 0.714. The Morgan fingerprint density at radius 2 is 1.95 bits per heavy atom. The second-order valence-corrected chi connectivity index (χ2v) is 5.56. The van der Waals surface area contributed by atoms with Crippen LogP contribution >= 0.6 is 0 Å². The van der Waals surface area contributed by atoms with Crippen LogP contribution in [0.15, 0.2) is 6.07 Å². The zero-order valence-electron chi connectivity index (χ0n) is 11.9. The third kappa shape index (κ3) is 2.97. The largest absolute Gasteiger partial charge is 0.370 e. The van der Waals surface area contributed by atoms with Gasteiger partial charge in [0.2, 0.25) is 0 Å². The van der Waals surface area contributed by atoms with E-state index >= 15 is 0 Å². The number of aromatic nitrogens is 2. The Hall–Kier alpha value is -1.36. The van der Waals surface area contributed by atoms with Crippen molar-refractivity contribution in [3.05, 3.63) is 11.9 Å². The van der Waals surface area contributed by atoms with Crippen molar-refractivity contribution in [2.45, 2.75) is 25.7 Å². The first-order valence-electron chi connectivity index (χ1n) is 7.32. The normalized spacial score (nSPS) is 20.6. The number of anilines is 2. The third-order valence-electron chi connectivity index (χ3n) is 3.86. The molecule has 19 heavy (non-hydrogen) atoms. The molecule has 1 aromatic rings. The van der Waals surface area contributed by atoms with E-state index in [0.717, 1.165) is 50.2 Å². The molecule has 5 heteroatoms. The van der Waals surface area contributed by atoms with E-state index in [9.17, 15) is 0 Å². The molecular weight excluding hydrogens is 238 g/mol. The van der Waals surface area contributed by atoms with Gasteiger partial charge in [0.25, 0.3) is 0 Å². The van der Waals surface area contributed by atoms with E-state index in [1.54, 1.807) is 0 Å². The molecule has 0 aromatic carbocycles. The molecule has 1 N–H and O–H groups in total. The summed E-state index contributed by atoms with van der Waals surface area (Å²) < 4.78 is 0. The van der Waals surface area contributed by atoms with Gasteiger partial charge in [0.1, 0.15) is 17.5 Å². The minimum Gasteiger partial charge on any atom is -0.370 e. The molecule has 0 radical (unpaired) electrons. The van der Waals surface area contributed by atoms with Crippen LogP contribution in [0.5, 0.6) is 0 Å². The number of nitrogens with one attached hydrogen (secondary N) is 1. The molecule has 1 saturated heterocycles. The molecule has 0 unspecified atom stereocenters. The fourth-order valence-electron chi connectivity index (χ4n) is 2.45. The standard InChI is InChI=1S/C14H23N5/c1-3-15-12-10-13(17-14(16-12)11-4-5-11)19-8-6-18(2)7-9-19/h10-11H,3-9H2,1-2H3,(H,15,16,17). The van der Waals surface area contributed by atoms with E-state index < -0.39 is 0 Å². The van der Waals surface area contributed by atoms with Gasteiger partial charge in [-0.25, -0.2) is 9.97 Å². The van der Waals surface area contributed by atoms with Crippen LogP contribution < -0.4 is 10.2 Å². The number of nitrogens with zero attached hydrogens (tertiary/aromatic N) is 4. The summed E-state index contributed by atoms with van der Waals surface area (Å²) in [6.07, 6.45) is 2.50. The summed E-state index contributed by atoms with van der Waals surface area (Å²) in [5.41, 5.74) is 0. The predicted molar refractivity (Wildman–Crippen MR) is 77.9 cm³/mol. The Morgan fingerprint density at radius 1 is 1.21 bits per heavy atom. The predicted octanol–water partition coefficient (Wildman–Crippen LogP) is 1.54. The van der Waals surface area contributed by atoms with Crippen molar-refractivity contribution in [3.63, 3.8) is 0 Å². The monoisotopic (exact) mass is 261 g/mol. The second-order valence-electron chi connectivity index (χ2n) is 5.56. The SMILES string of the molecule is CCNc1cc(N2CCN(C)CC2)nc(C2CC2)n1. The average Bonchev–Trinajstić information content (AvgIpc) is 3.24. The molecule has 1 aliphatic carbocycles. The first-order chi connectivity index (χ1) is 9.26. The maximum Gasteiger partial charge on any atom is 0.136 e. The first kappa shape index (κ1) is 12.7. The molecule has 1 aromatic heterocycles. The lowest BCUT2D eigenvalue weighted by molar-refractivity contribution is 0.312. The Kier molecular flexibility index (Phi) is 3.55. The highest BCUT2D eigenvalue weighted by atomic mass is 15.3. The molecule has 0 amide bonds. The van der Waals surface area contributed by atoms with Gasteiger partial charge in [0.15, 0.2) is 0 Å². The quantitative estimate of drug-likeness (QED) is 0.890. The second kappa shape index (κ2) is 5.33. The number of hydrogen-bond acceptors (Lipinski definition) is 5. The van der Waals surface area contributed by atoms with Gasteiger partial charge in [-0.1, -0.05) is 0 Å². The molecule has 1 aliphatic heterocycles. The van der Waals surface area contributed by atoms with Crippen molar-refractivity contribution in [2.75, 3.05) is 50.0 Å². The van der Waals surface area contributed by atoms with Gasteiger partial charge in [0.05, 0.1) is 0 Å². The van der Waals surface area contributed by atoms with Crippen LogP contribution in [-0.4, -0.2) is 54.6 Å². The highest BCUT2D eigenvalue weighted by Crippen LogP contribution is 2.39. The van der Waals surface area contributed by atoms with Gasteiger partial charge in [-0.3, -0.25) is 0 Å². The summed E-state index contributed by atoms with van der Waals surface area (Å²) in [6, 6.07) is 2.10. The third-order valence-corrected chi connectivity index (χ3v) is 3.86. The van der Waals surface area contributed by atoms with Gasteiger partial charge in [-0.2, -0.15) is 0 Å². The summed E-state index contributed by atoms with van der Waals surface area (Å²) in [5.74, 6) is 3.71. The van der Waals surface area contributed by atoms with Gasteiger partial charge in [-0.15, -0.1) is 0 Å². The highest BCUT2D eigenvalue weighted by Gasteiger charge is 2.28. The van der Waals surface area contributed by atoms with Crippen LogP contribution in [0.1, 0.15) is 31.5 Å². The Bertz CT molecular complexity index is 435. The lowest BCUT2D eigenvalue weighted by Crippen LogP contribution is -2.44. The highest BCUT2D eigenvalue weighted by molar-refractivity contribution is 5.50. The van der Waals surface area contributed by atoms with E-state index in [4.69, 9.17) is 4.98 Å². The Morgan fingerprint density at radius 3 is 2.58 bits per heavy atom. The number of piperazine rings is 1. The van der Waals surface area contributed by atoms with E-state index in [2.05, 4.69) is 40.1 Å². The zero-order chi connectivity index (χ0) is 13.2. The van der Waals surface area contributed by atoms with Crippen LogP contribution in [0, 0.1) is 0 Å². The van der Waals surface area contributed by atoms with Crippen molar-refractivity contribution in [3.8, 4) is 0 Å². The van der Waals surface area contributed by atoms with Crippen LogP contribution in [0.25, 0.3) is 0 Å². The van der Waals surface area contributed by atoms with Crippen LogP contribution in [0.4, 0.5) is 11.6 Å². The number of likely N-dealkylation sites (N-methyl/N-ethyl adjacent to an activating group) is 1. The summed E-state index contributed by atoms with van der Waals surface area (Å²) in [7, 11) is 2.18. The van der Waals surface area contributed by atoms with Crippen molar-refractivity contribution < 1.29 is 0 Å². The molecule has 0 atom stereocenters. The zero-order valence-corrected chi connectivity index (χ0v) is 11.9. The van der Waals surface area contributed by atoms with E-state index in [0.29, 0.717) is 5.92 Å². The molecule has 0 spiro atoms. The van der Waals surface area contributed by atoms with E-state index in [1.165, 1.54) is 12.8 Å². The van der Waals surface area contributed by atoms with Gasteiger partial charge in [-0.05, 0) is 26.8 Å². The van der Waals surface area contributed by atoms with Crippen LogP contribution in [0.2, 0.25) is 0 Å². The molecule has 2 heterocycles. The van der Waals surface area contributed by atoms with Crippen molar-refractivity contribution >= 4 is 11.6 Å². The molecule has 3 rings (SSSR count). The molecule has 104 valence electrons. The minimum absolute atomic E-state index is 0.602. The Balaban J connectivity index is 1.82. The summed E-state index contributed by atoms with van der Waals surface area (Å²) >= 11 is 0. The smallest absolute Gasteiger partial charge is 0.136 e. The molecule has 5 nitrogen and oxygen atoms in total. The lowest BCUT2D eigenvalue weighted by Gasteiger charge is -2.33. The summed E-state index contributed by atoms with van der Waals surface area (Å²) in [4.78, 5) is 14.2. The lowest BCUT2D eigenvalue weighted by atomic mass is 10.3. The number of hydrogen-bond donors (Lipinski definition) is 1. The molecular formula is C14H23N5. The van der Waals surface area contributed by atoms with Gasteiger partial charge >= 0.3 is 0 Å². The molecule has 0 bridgehead atoms. The van der Waals surface area contributed by atoms with Crippen molar-refractivity contribution in [1.29, 1.82) is 0 Å². The maximum atomic E-state index is 4.78. The first-order valence-corrected chi connectivity index (χ1v) is 7.32. The Labute approximate surface area is 115 Å². The van der Waals surface area contributed by atoms with Gasteiger partial charge < -0.3 is 15.1 Å². The van der Waals surface area contributed by atoms with Crippen molar-refractivity contribution in [2.24, 2.45) is 0 Å².